The number of piperidine rings is 1. The number of benzene rings is 1. The van der Waals surface area contributed by atoms with Gasteiger partial charge in [-0.15, -0.1) is 5.06 Å². The van der Waals surface area contributed by atoms with Crippen LogP contribution in [0.25, 0.3) is 0 Å². The Hall–Kier alpha value is -1.92. The molecule has 1 aromatic rings. The van der Waals surface area contributed by atoms with Crippen LogP contribution in [0.2, 0.25) is 0 Å². The zero-order valence-corrected chi connectivity index (χ0v) is 11.0. The molecule has 0 saturated carbocycles. The van der Waals surface area contributed by atoms with Gasteiger partial charge in [-0.25, -0.2) is 4.79 Å². The summed E-state index contributed by atoms with van der Waals surface area (Å²) in [5, 5.41) is 15.4. The van der Waals surface area contributed by atoms with Crippen molar-refractivity contribution in [2.75, 3.05) is 0 Å². The first-order chi connectivity index (χ1) is 9.65. The number of hydrogen-bond acceptors (Lipinski definition) is 4. The van der Waals surface area contributed by atoms with Gasteiger partial charge in [-0.1, -0.05) is 30.3 Å². The van der Waals surface area contributed by atoms with Gasteiger partial charge in [0.05, 0.1) is 12.1 Å². The molecule has 106 valence electrons. The zero-order chi connectivity index (χ0) is 14.1. The van der Waals surface area contributed by atoms with Crippen molar-refractivity contribution in [1.29, 1.82) is 0 Å². The number of carbonyl (C=O) groups is 2. The molecule has 6 heteroatoms. The standard InChI is InChI=1S/C14H17N3O3/c18-13-11-7-6-10(8-9-4-2-1-3-5-9)15-12(11)16-14(19)17(13)20/h1-5,10-12,15,20H,6-8H2,(H,16,19). The average Bonchev–Trinajstić information content (AvgIpc) is 2.46. The van der Waals surface area contributed by atoms with Crippen LogP contribution in [0.5, 0.6) is 0 Å². The maximum absolute atomic E-state index is 11.8. The minimum absolute atomic E-state index is 0.181. The van der Waals surface area contributed by atoms with Crippen molar-refractivity contribution in [3.05, 3.63) is 35.9 Å². The number of hydroxylamine groups is 2. The first-order valence-electron chi connectivity index (χ1n) is 6.78. The van der Waals surface area contributed by atoms with Crippen LogP contribution in [0.1, 0.15) is 18.4 Å². The summed E-state index contributed by atoms with van der Waals surface area (Å²) in [6, 6.07) is 9.55. The molecule has 3 N–H and O–H groups in total. The van der Waals surface area contributed by atoms with Crippen LogP contribution in [0.3, 0.4) is 0 Å². The van der Waals surface area contributed by atoms with E-state index in [1.807, 2.05) is 18.2 Å². The molecule has 2 saturated heterocycles. The first-order valence-corrected chi connectivity index (χ1v) is 6.78. The Morgan fingerprint density at radius 1 is 1.20 bits per heavy atom. The van der Waals surface area contributed by atoms with Crippen molar-refractivity contribution >= 4 is 11.9 Å². The fraction of sp³-hybridized carbons (Fsp3) is 0.429. The second-order valence-electron chi connectivity index (χ2n) is 5.31. The van der Waals surface area contributed by atoms with Crippen LogP contribution in [-0.2, 0) is 11.2 Å². The minimum atomic E-state index is -0.760. The summed E-state index contributed by atoms with van der Waals surface area (Å²) in [5.41, 5.74) is 1.22. The van der Waals surface area contributed by atoms with Gasteiger partial charge in [0.25, 0.3) is 5.91 Å². The molecule has 2 aliphatic rings. The average molecular weight is 275 g/mol. The second-order valence-corrected chi connectivity index (χ2v) is 5.31. The van der Waals surface area contributed by atoms with E-state index in [1.54, 1.807) is 0 Å². The highest BCUT2D eigenvalue weighted by Crippen LogP contribution is 2.25. The van der Waals surface area contributed by atoms with Gasteiger partial charge in [0, 0.05) is 6.04 Å². The Bertz CT molecular complexity index is 520. The molecule has 3 atom stereocenters. The Labute approximate surface area is 116 Å². The van der Waals surface area contributed by atoms with E-state index in [0.29, 0.717) is 6.42 Å². The minimum Gasteiger partial charge on any atom is -0.320 e. The summed E-state index contributed by atoms with van der Waals surface area (Å²) in [5.74, 6) is -0.908. The molecule has 2 heterocycles. The number of fused-ring (bicyclic) bond motifs is 1. The van der Waals surface area contributed by atoms with Crippen LogP contribution in [0.15, 0.2) is 30.3 Å². The third-order valence-corrected chi connectivity index (χ3v) is 3.97. The van der Waals surface area contributed by atoms with Crippen LogP contribution in [0, 0.1) is 5.92 Å². The first kappa shape index (κ1) is 13.1. The monoisotopic (exact) mass is 275 g/mol. The molecule has 3 amide bonds. The summed E-state index contributed by atoms with van der Waals surface area (Å²) >= 11 is 0. The molecule has 0 aliphatic carbocycles. The smallest absolute Gasteiger partial charge is 0.320 e. The van der Waals surface area contributed by atoms with E-state index in [1.165, 1.54) is 5.56 Å². The molecule has 6 nitrogen and oxygen atoms in total. The number of urea groups is 1. The third-order valence-electron chi connectivity index (χ3n) is 3.97. The molecule has 1 aromatic carbocycles. The third kappa shape index (κ3) is 2.39. The van der Waals surface area contributed by atoms with Gasteiger partial charge in [0.2, 0.25) is 0 Å². The second kappa shape index (κ2) is 5.22. The number of imide groups is 1. The van der Waals surface area contributed by atoms with Gasteiger partial charge >= 0.3 is 6.03 Å². The molecular weight excluding hydrogens is 258 g/mol. The lowest BCUT2D eigenvalue weighted by Gasteiger charge is -2.41. The van der Waals surface area contributed by atoms with Gasteiger partial charge < -0.3 is 5.32 Å². The highest BCUT2D eigenvalue weighted by molar-refractivity contribution is 5.97. The van der Waals surface area contributed by atoms with E-state index in [0.717, 1.165) is 12.8 Å². The molecule has 2 fully saturated rings. The maximum Gasteiger partial charge on any atom is 0.349 e. The van der Waals surface area contributed by atoms with Gasteiger partial charge in [-0.3, -0.25) is 15.3 Å². The fourth-order valence-electron chi connectivity index (χ4n) is 2.92. The van der Waals surface area contributed by atoms with Gasteiger partial charge in [-0.2, -0.15) is 0 Å². The Morgan fingerprint density at radius 3 is 2.70 bits per heavy atom. The molecule has 2 aliphatic heterocycles. The number of nitrogens with one attached hydrogen (secondary N) is 2. The lowest BCUT2D eigenvalue weighted by Crippen LogP contribution is -2.67. The summed E-state index contributed by atoms with van der Waals surface area (Å²) in [6.07, 6.45) is 1.97. The molecule has 3 unspecified atom stereocenters. The maximum atomic E-state index is 11.8. The summed E-state index contributed by atoms with van der Waals surface area (Å²) in [7, 11) is 0. The molecule has 0 radical (unpaired) electrons. The summed E-state index contributed by atoms with van der Waals surface area (Å²) in [4.78, 5) is 23.2. The van der Waals surface area contributed by atoms with E-state index in [-0.39, 0.29) is 23.2 Å². The van der Waals surface area contributed by atoms with Crippen molar-refractivity contribution in [3.63, 3.8) is 0 Å². The van der Waals surface area contributed by atoms with E-state index in [9.17, 15) is 14.8 Å². The Balaban J connectivity index is 1.66. The van der Waals surface area contributed by atoms with Gasteiger partial charge in [0.1, 0.15) is 0 Å². The van der Waals surface area contributed by atoms with E-state index >= 15 is 0 Å². The van der Waals surface area contributed by atoms with Crippen LogP contribution < -0.4 is 10.6 Å². The lowest BCUT2D eigenvalue weighted by atomic mass is 9.87. The topological polar surface area (TPSA) is 81.7 Å². The highest BCUT2D eigenvalue weighted by Gasteiger charge is 2.43. The Kier molecular flexibility index (Phi) is 3.42. The summed E-state index contributed by atoms with van der Waals surface area (Å²) < 4.78 is 0. The molecule has 20 heavy (non-hydrogen) atoms. The number of nitrogens with zero attached hydrogens (tertiary/aromatic N) is 1. The number of carbonyl (C=O) groups excluding carboxylic acids is 2. The van der Waals surface area contributed by atoms with Crippen molar-refractivity contribution in [2.24, 2.45) is 5.92 Å². The zero-order valence-electron chi connectivity index (χ0n) is 11.0. The van der Waals surface area contributed by atoms with Crippen molar-refractivity contribution < 1.29 is 14.8 Å². The van der Waals surface area contributed by atoms with E-state index in [4.69, 9.17) is 0 Å². The van der Waals surface area contributed by atoms with Crippen molar-refractivity contribution in [2.45, 2.75) is 31.5 Å². The number of amides is 3. The normalized spacial score (nSPS) is 29.9. The van der Waals surface area contributed by atoms with E-state index in [2.05, 4.69) is 22.8 Å². The van der Waals surface area contributed by atoms with E-state index < -0.39 is 11.9 Å². The lowest BCUT2D eigenvalue weighted by molar-refractivity contribution is -0.164. The fourth-order valence-corrected chi connectivity index (χ4v) is 2.92. The largest absolute Gasteiger partial charge is 0.349 e. The predicted octanol–water partition coefficient (Wildman–Crippen LogP) is 0.864. The van der Waals surface area contributed by atoms with Gasteiger partial charge in [-0.05, 0) is 24.8 Å². The molecule has 0 aromatic heterocycles. The molecule has 0 bridgehead atoms. The highest BCUT2D eigenvalue weighted by atomic mass is 16.5. The molecule has 3 rings (SSSR count). The number of rotatable bonds is 2. The SMILES string of the molecule is O=C1NC2NC(Cc3ccccc3)CCC2C(=O)N1O. The Morgan fingerprint density at radius 2 is 1.95 bits per heavy atom. The quantitative estimate of drug-likeness (QED) is 0.699. The van der Waals surface area contributed by atoms with Crippen molar-refractivity contribution in [1.82, 2.24) is 15.7 Å². The van der Waals surface area contributed by atoms with Crippen LogP contribution in [0.4, 0.5) is 4.79 Å². The molecular formula is C14H17N3O3. The van der Waals surface area contributed by atoms with Crippen molar-refractivity contribution in [3.8, 4) is 0 Å². The number of hydrogen-bond donors (Lipinski definition) is 3. The summed E-state index contributed by atoms with van der Waals surface area (Å²) in [6.45, 7) is 0. The predicted molar refractivity (Wildman–Crippen MR) is 70.7 cm³/mol. The van der Waals surface area contributed by atoms with Crippen LogP contribution >= 0.6 is 0 Å². The molecule has 0 spiro atoms. The van der Waals surface area contributed by atoms with Gasteiger partial charge in [0.15, 0.2) is 0 Å². The van der Waals surface area contributed by atoms with Crippen LogP contribution in [-0.4, -0.2) is 34.4 Å².